The van der Waals surface area contributed by atoms with Crippen molar-refractivity contribution in [2.24, 2.45) is 5.73 Å². The van der Waals surface area contributed by atoms with Gasteiger partial charge in [0.2, 0.25) is 5.91 Å². The molecule has 0 aliphatic rings. The molecule has 0 aliphatic heterocycles. The summed E-state index contributed by atoms with van der Waals surface area (Å²) in [5.41, 5.74) is 6.44. The summed E-state index contributed by atoms with van der Waals surface area (Å²) in [5, 5.41) is 2.70. The molecule has 0 saturated heterocycles. The number of amides is 1. The molecular formula is C12H16N2O2S. The minimum absolute atomic E-state index is 0.176. The van der Waals surface area contributed by atoms with Crippen molar-refractivity contribution in [3.05, 3.63) is 29.8 Å². The van der Waals surface area contributed by atoms with Crippen LogP contribution >= 0.6 is 12.2 Å². The zero-order chi connectivity index (χ0) is 12.8. The third-order valence-electron chi connectivity index (χ3n) is 2.13. The molecule has 1 amide bonds. The largest absolute Gasteiger partial charge is 0.494 e. The van der Waals surface area contributed by atoms with Gasteiger partial charge in [0.25, 0.3) is 0 Å². The van der Waals surface area contributed by atoms with Gasteiger partial charge < -0.3 is 15.8 Å². The number of carbonyl (C=O) groups is 1. The standard InChI is InChI=1S/C12H16N2O2S/c1-3-16-10-6-4-5-9(7-10)11(12(13)17)14-8(2)15/h4-7,11H,3H2,1-2H3,(H2,13,17)(H,14,15). The van der Waals surface area contributed by atoms with Gasteiger partial charge in [0, 0.05) is 6.92 Å². The molecule has 0 radical (unpaired) electrons. The number of nitrogens with one attached hydrogen (secondary N) is 1. The summed E-state index contributed by atoms with van der Waals surface area (Å²) in [6, 6.07) is 6.90. The lowest BCUT2D eigenvalue weighted by molar-refractivity contribution is -0.119. The molecule has 0 heterocycles. The van der Waals surface area contributed by atoms with Crippen LogP contribution in [0.2, 0.25) is 0 Å². The van der Waals surface area contributed by atoms with Crippen LogP contribution < -0.4 is 15.8 Å². The number of ether oxygens (including phenoxy) is 1. The number of hydrogen-bond donors (Lipinski definition) is 2. The Bertz CT molecular complexity index is 421. The Morgan fingerprint density at radius 1 is 1.59 bits per heavy atom. The predicted molar refractivity (Wildman–Crippen MR) is 71.0 cm³/mol. The van der Waals surface area contributed by atoms with Gasteiger partial charge in [-0.05, 0) is 24.6 Å². The Morgan fingerprint density at radius 2 is 2.29 bits per heavy atom. The van der Waals surface area contributed by atoms with Crippen molar-refractivity contribution in [1.29, 1.82) is 0 Å². The molecule has 0 aromatic heterocycles. The van der Waals surface area contributed by atoms with Gasteiger partial charge in [-0.15, -0.1) is 0 Å². The van der Waals surface area contributed by atoms with Crippen molar-refractivity contribution in [1.82, 2.24) is 5.32 Å². The number of thiocarbonyl (C=S) groups is 1. The van der Waals surface area contributed by atoms with E-state index >= 15 is 0 Å². The van der Waals surface area contributed by atoms with E-state index in [2.05, 4.69) is 5.32 Å². The average molecular weight is 252 g/mol. The predicted octanol–water partition coefficient (Wildman–Crippen LogP) is 1.55. The molecule has 1 aromatic carbocycles. The van der Waals surface area contributed by atoms with E-state index in [4.69, 9.17) is 22.7 Å². The minimum Gasteiger partial charge on any atom is -0.494 e. The molecule has 0 aliphatic carbocycles. The normalized spacial score (nSPS) is 11.6. The molecule has 0 fully saturated rings. The minimum atomic E-state index is -0.456. The van der Waals surface area contributed by atoms with Gasteiger partial charge in [-0.1, -0.05) is 24.4 Å². The lowest BCUT2D eigenvalue weighted by Gasteiger charge is -2.17. The molecule has 1 aromatic rings. The second-order valence-corrected chi connectivity index (χ2v) is 4.01. The van der Waals surface area contributed by atoms with E-state index in [0.717, 1.165) is 11.3 Å². The van der Waals surface area contributed by atoms with Gasteiger partial charge in [-0.3, -0.25) is 4.79 Å². The number of nitrogens with two attached hydrogens (primary N) is 1. The maximum Gasteiger partial charge on any atom is 0.217 e. The monoisotopic (exact) mass is 252 g/mol. The van der Waals surface area contributed by atoms with Crippen LogP contribution in [0, 0.1) is 0 Å². The average Bonchev–Trinajstić information content (AvgIpc) is 2.26. The Hall–Kier alpha value is -1.62. The van der Waals surface area contributed by atoms with Crippen LogP contribution in [0.3, 0.4) is 0 Å². The molecule has 1 unspecified atom stereocenters. The summed E-state index contributed by atoms with van der Waals surface area (Å²) in [6.07, 6.45) is 0. The molecule has 4 nitrogen and oxygen atoms in total. The van der Waals surface area contributed by atoms with Gasteiger partial charge in [-0.2, -0.15) is 0 Å². The molecule has 0 saturated carbocycles. The van der Waals surface area contributed by atoms with Crippen molar-refractivity contribution in [3.63, 3.8) is 0 Å². The van der Waals surface area contributed by atoms with Gasteiger partial charge in [0.15, 0.2) is 0 Å². The van der Waals surface area contributed by atoms with Crippen molar-refractivity contribution in [2.75, 3.05) is 6.61 Å². The summed E-state index contributed by atoms with van der Waals surface area (Å²) in [6.45, 7) is 3.92. The summed E-state index contributed by atoms with van der Waals surface area (Å²) < 4.78 is 5.38. The molecule has 5 heteroatoms. The first kappa shape index (κ1) is 13.4. The fourth-order valence-corrected chi connectivity index (χ4v) is 1.67. The molecule has 0 bridgehead atoms. The van der Waals surface area contributed by atoms with Gasteiger partial charge in [0.05, 0.1) is 6.61 Å². The second-order valence-electron chi connectivity index (χ2n) is 3.54. The SMILES string of the molecule is CCOc1cccc(C(NC(C)=O)C(N)=S)c1. The summed E-state index contributed by atoms with van der Waals surface area (Å²) in [7, 11) is 0. The molecule has 92 valence electrons. The Balaban J connectivity index is 2.97. The van der Waals surface area contributed by atoms with E-state index in [-0.39, 0.29) is 10.9 Å². The molecule has 1 atom stereocenters. The highest BCUT2D eigenvalue weighted by molar-refractivity contribution is 7.80. The van der Waals surface area contributed by atoms with Crippen LogP contribution in [-0.2, 0) is 4.79 Å². The van der Waals surface area contributed by atoms with Crippen LogP contribution in [0.15, 0.2) is 24.3 Å². The summed E-state index contributed by atoms with van der Waals surface area (Å²) in [5.74, 6) is 0.557. The highest BCUT2D eigenvalue weighted by Gasteiger charge is 2.15. The Morgan fingerprint density at radius 3 is 2.82 bits per heavy atom. The lowest BCUT2D eigenvalue weighted by atomic mass is 10.1. The van der Waals surface area contributed by atoms with E-state index < -0.39 is 6.04 Å². The maximum absolute atomic E-state index is 11.1. The third-order valence-corrected chi connectivity index (χ3v) is 2.37. The number of rotatable bonds is 5. The first-order chi connectivity index (χ1) is 8.04. The highest BCUT2D eigenvalue weighted by atomic mass is 32.1. The van der Waals surface area contributed by atoms with Crippen LogP contribution in [0.1, 0.15) is 25.5 Å². The van der Waals surface area contributed by atoms with E-state index in [1.54, 1.807) is 0 Å². The van der Waals surface area contributed by atoms with Crippen LogP contribution in [0.25, 0.3) is 0 Å². The van der Waals surface area contributed by atoms with Crippen molar-refractivity contribution in [3.8, 4) is 5.75 Å². The fourth-order valence-electron chi connectivity index (χ4n) is 1.47. The molecular weight excluding hydrogens is 236 g/mol. The topological polar surface area (TPSA) is 64.3 Å². The maximum atomic E-state index is 11.1. The summed E-state index contributed by atoms with van der Waals surface area (Å²) >= 11 is 4.95. The quantitative estimate of drug-likeness (QED) is 0.780. The smallest absolute Gasteiger partial charge is 0.217 e. The van der Waals surface area contributed by atoms with Gasteiger partial charge >= 0.3 is 0 Å². The first-order valence-electron chi connectivity index (χ1n) is 5.33. The first-order valence-corrected chi connectivity index (χ1v) is 5.74. The van der Waals surface area contributed by atoms with E-state index in [1.807, 2.05) is 31.2 Å². The molecule has 0 spiro atoms. The van der Waals surface area contributed by atoms with Crippen molar-refractivity contribution >= 4 is 23.1 Å². The molecule has 3 N–H and O–H groups in total. The van der Waals surface area contributed by atoms with E-state index in [0.29, 0.717) is 6.61 Å². The zero-order valence-corrected chi connectivity index (χ0v) is 10.7. The highest BCUT2D eigenvalue weighted by Crippen LogP contribution is 2.19. The van der Waals surface area contributed by atoms with Crippen molar-refractivity contribution < 1.29 is 9.53 Å². The Kier molecular flexibility index (Phi) is 4.90. The lowest BCUT2D eigenvalue weighted by Crippen LogP contribution is -2.35. The van der Waals surface area contributed by atoms with E-state index in [1.165, 1.54) is 6.92 Å². The van der Waals surface area contributed by atoms with E-state index in [9.17, 15) is 4.79 Å². The number of carbonyl (C=O) groups excluding carboxylic acids is 1. The number of hydrogen-bond acceptors (Lipinski definition) is 3. The van der Waals surface area contributed by atoms with Crippen molar-refractivity contribution in [2.45, 2.75) is 19.9 Å². The van der Waals surface area contributed by atoms with Gasteiger partial charge in [-0.25, -0.2) is 0 Å². The summed E-state index contributed by atoms with van der Waals surface area (Å²) in [4.78, 5) is 11.3. The van der Waals surface area contributed by atoms with Crippen LogP contribution in [-0.4, -0.2) is 17.5 Å². The molecule has 17 heavy (non-hydrogen) atoms. The zero-order valence-electron chi connectivity index (χ0n) is 9.90. The Labute approximate surface area is 106 Å². The third kappa shape index (κ3) is 4.03. The number of benzene rings is 1. The molecule has 1 rings (SSSR count). The fraction of sp³-hybridized carbons (Fsp3) is 0.333. The van der Waals surface area contributed by atoms with Gasteiger partial charge in [0.1, 0.15) is 16.8 Å². The van der Waals surface area contributed by atoms with Crippen LogP contribution in [0.5, 0.6) is 5.75 Å². The second kappa shape index (κ2) is 6.20. The van der Waals surface area contributed by atoms with Crippen LogP contribution in [0.4, 0.5) is 0 Å².